The van der Waals surface area contributed by atoms with Crippen molar-refractivity contribution in [3.8, 4) is 0 Å². The van der Waals surface area contributed by atoms with Crippen LogP contribution in [0.4, 0.5) is 10.5 Å². The Balaban J connectivity index is 1.30. The molecule has 7 atom stereocenters. The topological polar surface area (TPSA) is 187 Å². The first-order valence-corrected chi connectivity index (χ1v) is 19.3. The molecule has 15 nitrogen and oxygen atoms in total. The van der Waals surface area contributed by atoms with E-state index in [1.165, 1.54) is 14.7 Å². The van der Waals surface area contributed by atoms with Crippen LogP contribution in [0.5, 0.6) is 0 Å². The number of hydrogen-bond acceptors (Lipinski definition) is 8. The van der Waals surface area contributed by atoms with Crippen molar-refractivity contribution in [2.45, 2.75) is 95.0 Å². The molecule has 0 aliphatic carbocycles. The summed E-state index contributed by atoms with van der Waals surface area (Å²) < 4.78 is 5.73. The molecular formula is C39H48ClN7O8. The van der Waals surface area contributed by atoms with Crippen molar-refractivity contribution < 1.29 is 38.3 Å². The molecule has 0 saturated carbocycles. The van der Waals surface area contributed by atoms with Crippen LogP contribution in [0, 0.1) is 5.92 Å². The minimum absolute atomic E-state index is 0.0434. The Kier molecular flexibility index (Phi) is 12.6. The van der Waals surface area contributed by atoms with Crippen LogP contribution < -0.4 is 21.3 Å². The average Bonchev–Trinajstić information content (AvgIpc) is 3.83. The SMILES string of the molecule is C[C@@H]1CC2C(=O)OC[C@H](NC(=O)[C@H](Cc3ccccc3)NC(=O)Nc3ccccc3Cl)C(=O)N3CCC[C@H]3C(=O)N3CCCC[C@H]3C(=O)N[C@@H](C)C(=O)N2C1. The molecule has 0 spiro atoms. The van der Waals surface area contributed by atoms with Gasteiger partial charge in [-0.2, -0.15) is 0 Å². The van der Waals surface area contributed by atoms with E-state index >= 15 is 0 Å². The predicted molar refractivity (Wildman–Crippen MR) is 201 cm³/mol. The highest BCUT2D eigenvalue weighted by Gasteiger charge is 2.46. The summed E-state index contributed by atoms with van der Waals surface area (Å²) in [6, 6.07) is 8.50. The van der Waals surface area contributed by atoms with Crippen LogP contribution >= 0.6 is 11.6 Å². The quantitative estimate of drug-likeness (QED) is 0.322. The lowest BCUT2D eigenvalue weighted by atomic mass is 9.99. The summed E-state index contributed by atoms with van der Waals surface area (Å²) in [5, 5.41) is 11.1. The van der Waals surface area contributed by atoms with Crippen LogP contribution in [0.15, 0.2) is 54.6 Å². The monoisotopic (exact) mass is 777 g/mol. The summed E-state index contributed by atoms with van der Waals surface area (Å²) in [7, 11) is 0. The van der Waals surface area contributed by atoms with Crippen molar-refractivity contribution in [3.63, 3.8) is 0 Å². The van der Waals surface area contributed by atoms with Gasteiger partial charge in [0.15, 0.2) is 0 Å². The zero-order chi connectivity index (χ0) is 39.2. The van der Waals surface area contributed by atoms with E-state index in [0.717, 1.165) is 5.56 Å². The smallest absolute Gasteiger partial charge is 0.328 e. The molecule has 4 aliphatic heterocycles. The van der Waals surface area contributed by atoms with Crippen LogP contribution in [-0.2, 0) is 39.9 Å². The molecule has 4 heterocycles. The second-order valence-electron chi connectivity index (χ2n) is 14.8. The molecule has 4 fully saturated rings. The number of halogens is 1. The van der Waals surface area contributed by atoms with Crippen molar-refractivity contribution >= 4 is 58.8 Å². The molecule has 7 amide bonds. The number of fused-ring (bicyclic) bond motifs is 3. The zero-order valence-corrected chi connectivity index (χ0v) is 31.8. The Bertz CT molecular complexity index is 1800. The summed E-state index contributed by atoms with van der Waals surface area (Å²) in [4.78, 5) is 101. The van der Waals surface area contributed by atoms with Gasteiger partial charge in [-0.05, 0) is 69.1 Å². The molecule has 294 valence electrons. The van der Waals surface area contributed by atoms with Crippen LogP contribution in [0.1, 0.15) is 57.9 Å². The van der Waals surface area contributed by atoms with Gasteiger partial charge >= 0.3 is 12.0 Å². The maximum absolute atomic E-state index is 14.5. The van der Waals surface area contributed by atoms with Gasteiger partial charge in [0.25, 0.3) is 0 Å². The van der Waals surface area contributed by atoms with E-state index in [1.54, 1.807) is 55.5 Å². The van der Waals surface area contributed by atoms with Gasteiger partial charge in [-0.1, -0.05) is 61.0 Å². The third kappa shape index (κ3) is 9.21. The fraction of sp³-hybridized carbons (Fsp3) is 0.513. The van der Waals surface area contributed by atoms with E-state index in [9.17, 15) is 33.6 Å². The Hall–Kier alpha value is -5.18. The number of cyclic esters (lactones) is 1. The number of nitrogens with one attached hydrogen (secondary N) is 4. The lowest BCUT2D eigenvalue weighted by molar-refractivity contribution is -0.158. The Morgan fingerprint density at radius 1 is 0.836 bits per heavy atom. The minimum atomic E-state index is -1.45. The number of nitrogens with zero attached hydrogens (tertiary/aromatic N) is 3. The number of piperidine rings is 1. The van der Waals surface area contributed by atoms with E-state index in [4.69, 9.17) is 16.3 Å². The fourth-order valence-electron chi connectivity index (χ4n) is 7.93. The van der Waals surface area contributed by atoms with E-state index < -0.39 is 84.4 Å². The number of ether oxygens (including phenoxy) is 1. The van der Waals surface area contributed by atoms with Crippen molar-refractivity contribution in [3.05, 3.63) is 65.2 Å². The van der Waals surface area contributed by atoms with Crippen molar-refractivity contribution in [2.75, 3.05) is 31.6 Å². The van der Waals surface area contributed by atoms with Crippen LogP contribution in [0.3, 0.4) is 0 Å². The van der Waals surface area contributed by atoms with Gasteiger partial charge in [0.2, 0.25) is 29.5 Å². The van der Waals surface area contributed by atoms with Crippen molar-refractivity contribution in [2.24, 2.45) is 5.92 Å². The normalized spacial score (nSPS) is 27.0. The number of amides is 7. The molecule has 0 radical (unpaired) electrons. The fourth-order valence-corrected chi connectivity index (χ4v) is 8.11. The number of benzene rings is 2. The largest absolute Gasteiger partial charge is 0.461 e. The highest BCUT2D eigenvalue weighted by atomic mass is 35.5. The van der Waals surface area contributed by atoms with E-state index in [2.05, 4.69) is 21.3 Å². The third-order valence-electron chi connectivity index (χ3n) is 10.7. The number of para-hydroxylation sites is 1. The average molecular weight is 778 g/mol. The van der Waals surface area contributed by atoms with E-state index in [0.29, 0.717) is 50.8 Å². The maximum atomic E-state index is 14.5. The molecule has 55 heavy (non-hydrogen) atoms. The molecule has 2 aromatic rings. The molecule has 6 rings (SSSR count). The molecule has 16 heteroatoms. The summed E-state index contributed by atoms with van der Waals surface area (Å²) in [6.45, 7) is 3.63. The lowest BCUT2D eigenvalue weighted by Gasteiger charge is -2.39. The molecular weight excluding hydrogens is 730 g/mol. The number of carbonyl (C=O) groups excluding carboxylic acids is 7. The molecule has 1 unspecified atom stereocenters. The Morgan fingerprint density at radius 3 is 2.29 bits per heavy atom. The van der Waals surface area contributed by atoms with Crippen LogP contribution in [0.2, 0.25) is 5.02 Å². The second-order valence-corrected chi connectivity index (χ2v) is 15.2. The lowest BCUT2D eigenvalue weighted by Crippen LogP contribution is -2.62. The van der Waals surface area contributed by atoms with Gasteiger partial charge in [-0.3, -0.25) is 24.0 Å². The Morgan fingerprint density at radius 2 is 1.53 bits per heavy atom. The highest BCUT2D eigenvalue weighted by Crippen LogP contribution is 2.28. The molecule has 4 N–H and O–H groups in total. The highest BCUT2D eigenvalue weighted by molar-refractivity contribution is 6.33. The summed E-state index contributed by atoms with van der Waals surface area (Å²) >= 11 is 6.25. The van der Waals surface area contributed by atoms with Crippen LogP contribution in [-0.4, -0.2) is 119 Å². The molecule has 2 aromatic carbocycles. The molecule has 0 bridgehead atoms. The standard InChI is InChI=1S/C39H48ClN7O8/c1-23-19-32-38(53)55-22-29(42-33(48)28(20-25-11-4-3-5-12-25)44-39(54)43-27-14-7-6-13-26(27)40)36(51)46-18-10-16-31(46)37(52)45-17-9-8-15-30(45)34(49)41-24(2)35(50)47(32)21-23/h3-7,11-14,23-24,28-32H,8-10,15-22H2,1-2H3,(H,41,49)(H,42,48)(H2,43,44,54)/t23-,24+,28+,29+,30+,31+,32?/m1/s1. The zero-order valence-electron chi connectivity index (χ0n) is 31.0. The number of rotatable bonds is 6. The van der Waals surface area contributed by atoms with Gasteiger partial charge in [-0.25, -0.2) is 9.59 Å². The Labute approximate surface area is 324 Å². The predicted octanol–water partition coefficient (Wildman–Crippen LogP) is 2.23. The summed E-state index contributed by atoms with van der Waals surface area (Å²) in [5.74, 6) is -3.54. The summed E-state index contributed by atoms with van der Waals surface area (Å²) in [6.07, 6.45) is 2.95. The first-order valence-electron chi connectivity index (χ1n) is 19.0. The van der Waals surface area contributed by atoms with Crippen molar-refractivity contribution in [1.82, 2.24) is 30.7 Å². The van der Waals surface area contributed by atoms with E-state index in [1.807, 2.05) is 13.0 Å². The first-order chi connectivity index (χ1) is 26.4. The first kappa shape index (κ1) is 39.5. The molecule has 4 aliphatic rings. The van der Waals surface area contributed by atoms with Gasteiger partial charge in [0.05, 0.1) is 10.7 Å². The van der Waals surface area contributed by atoms with Gasteiger partial charge in [0.1, 0.15) is 42.9 Å². The van der Waals surface area contributed by atoms with Crippen LogP contribution in [0.25, 0.3) is 0 Å². The second kappa shape index (κ2) is 17.5. The minimum Gasteiger partial charge on any atom is -0.461 e. The number of anilines is 1. The van der Waals surface area contributed by atoms with Gasteiger partial charge in [0, 0.05) is 26.1 Å². The third-order valence-corrected chi connectivity index (χ3v) is 11.1. The number of urea groups is 1. The van der Waals surface area contributed by atoms with Crippen molar-refractivity contribution in [1.29, 1.82) is 0 Å². The molecule has 4 saturated heterocycles. The summed E-state index contributed by atoms with van der Waals surface area (Å²) in [5.41, 5.74) is 1.04. The van der Waals surface area contributed by atoms with Gasteiger partial charge in [-0.15, -0.1) is 0 Å². The van der Waals surface area contributed by atoms with E-state index in [-0.39, 0.29) is 30.5 Å². The maximum Gasteiger partial charge on any atom is 0.328 e. The number of carbonyl (C=O) groups is 7. The number of hydrogen-bond donors (Lipinski definition) is 4. The van der Waals surface area contributed by atoms with Gasteiger partial charge < -0.3 is 40.7 Å². The number of esters is 1. The molecule has 0 aromatic heterocycles.